The number of nitrogens with one attached hydrogen (secondary N) is 1. The van der Waals surface area contributed by atoms with Crippen molar-refractivity contribution in [2.75, 3.05) is 26.2 Å². The first-order valence-electron chi connectivity index (χ1n) is 5.51. The van der Waals surface area contributed by atoms with Crippen LogP contribution in [-0.4, -0.2) is 60.2 Å². The molecule has 0 aromatic carbocycles. The van der Waals surface area contributed by atoms with Gasteiger partial charge in [0.05, 0.1) is 31.4 Å². The molecule has 0 radical (unpaired) electrons. The lowest BCUT2D eigenvalue weighted by Crippen LogP contribution is -2.58. The van der Waals surface area contributed by atoms with Gasteiger partial charge in [0.15, 0.2) is 0 Å². The molecule has 5 nitrogen and oxygen atoms in total. The molecule has 0 saturated carbocycles. The number of carbonyl (C=O) groups is 1. The van der Waals surface area contributed by atoms with E-state index in [9.17, 15) is 18.0 Å². The van der Waals surface area contributed by atoms with Crippen LogP contribution in [-0.2, 0) is 4.74 Å². The maximum Gasteiger partial charge on any atom is 0.405 e. The molecule has 0 bridgehead atoms. The molecule has 8 heteroatoms. The summed E-state index contributed by atoms with van der Waals surface area (Å²) >= 11 is 0. The van der Waals surface area contributed by atoms with Crippen molar-refractivity contribution in [3.05, 3.63) is 0 Å². The molecule has 1 rings (SSSR count). The number of ether oxygens (including phenoxy) is 1. The van der Waals surface area contributed by atoms with E-state index < -0.39 is 30.5 Å². The fraction of sp³-hybridized carbons (Fsp3) is 0.900. The number of aliphatic hydroxyl groups excluding tert-OH is 1. The maximum atomic E-state index is 12.0. The van der Waals surface area contributed by atoms with Crippen LogP contribution in [0.3, 0.4) is 0 Å². The number of alkyl halides is 3. The summed E-state index contributed by atoms with van der Waals surface area (Å²) in [5.74, 6) is 0. The van der Waals surface area contributed by atoms with Gasteiger partial charge in [-0.15, -0.1) is 0 Å². The van der Waals surface area contributed by atoms with Crippen molar-refractivity contribution in [1.82, 2.24) is 10.2 Å². The Kier molecular flexibility index (Phi) is 4.44. The van der Waals surface area contributed by atoms with E-state index in [0.29, 0.717) is 0 Å². The van der Waals surface area contributed by atoms with E-state index in [1.807, 2.05) is 0 Å². The molecule has 1 aliphatic rings. The zero-order valence-corrected chi connectivity index (χ0v) is 10.3. The van der Waals surface area contributed by atoms with Crippen molar-refractivity contribution in [3.8, 4) is 0 Å². The van der Waals surface area contributed by atoms with Crippen LogP contribution < -0.4 is 5.32 Å². The number of hydrogen-bond donors (Lipinski definition) is 2. The molecular formula is C10H17F3N2O3. The lowest BCUT2D eigenvalue weighted by molar-refractivity contribution is -0.140. The van der Waals surface area contributed by atoms with Crippen LogP contribution in [0.15, 0.2) is 0 Å². The molecule has 1 unspecified atom stereocenters. The Hall–Kier alpha value is -1.02. The number of nitrogens with zero attached hydrogens (tertiary/aromatic N) is 1. The van der Waals surface area contributed by atoms with Gasteiger partial charge in [-0.2, -0.15) is 13.2 Å². The molecular weight excluding hydrogens is 253 g/mol. The second kappa shape index (κ2) is 5.31. The van der Waals surface area contributed by atoms with Crippen LogP contribution in [0, 0.1) is 0 Å². The third-order valence-electron chi connectivity index (χ3n) is 2.41. The van der Waals surface area contributed by atoms with E-state index in [-0.39, 0.29) is 19.7 Å². The van der Waals surface area contributed by atoms with Crippen molar-refractivity contribution in [2.24, 2.45) is 0 Å². The van der Waals surface area contributed by atoms with Gasteiger partial charge in [-0.05, 0) is 13.8 Å². The highest BCUT2D eigenvalue weighted by atomic mass is 19.4. The van der Waals surface area contributed by atoms with Gasteiger partial charge in [-0.25, -0.2) is 4.79 Å². The van der Waals surface area contributed by atoms with Crippen molar-refractivity contribution < 1.29 is 27.8 Å². The fourth-order valence-electron chi connectivity index (χ4n) is 1.83. The minimum atomic E-state index is -4.44. The summed E-state index contributed by atoms with van der Waals surface area (Å²) in [4.78, 5) is 12.8. The van der Waals surface area contributed by atoms with Crippen molar-refractivity contribution in [2.45, 2.75) is 31.7 Å². The highest BCUT2D eigenvalue weighted by Gasteiger charge is 2.36. The minimum Gasteiger partial charge on any atom is -0.394 e. The fourth-order valence-corrected chi connectivity index (χ4v) is 1.83. The molecule has 1 atom stereocenters. The molecule has 1 aliphatic heterocycles. The molecule has 0 spiro atoms. The third kappa shape index (κ3) is 4.69. The Morgan fingerprint density at radius 1 is 1.56 bits per heavy atom. The van der Waals surface area contributed by atoms with E-state index in [2.05, 4.69) is 0 Å². The normalized spacial score (nSPS) is 23.9. The summed E-state index contributed by atoms with van der Waals surface area (Å²) in [5.41, 5.74) is -0.693. The van der Waals surface area contributed by atoms with Crippen molar-refractivity contribution in [3.63, 3.8) is 0 Å². The van der Waals surface area contributed by atoms with Gasteiger partial charge in [0.1, 0.15) is 6.54 Å². The van der Waals surface area contributed by atoms with Gasteiger partial charge >= 0.3 is 12.2 Å². The minimum absolute atomic E-state index is 0.0730. The number of hydrogen-bond acceptors (Lipinski definition) is 3. The van der Waals surface area contributed by atoms with Gasteiger partial charge in [0.2, 0.25) is 0 Å². The topological polar surface area (TPSA) is 61.8 Å². The van der Waals surface area contributed by atoms with Crippen molar-refractivity contribution in [1.29, 1.82) is 0 Å². The molecule has 0 aromatic rings. The summed E-state index contributed by atoms with van der Waals surface area (Å²) in [7, 11) is 0. The van der Waals surface area contributed by atoms with E-state index in [4.69, 9.17) is 9.84 Å². The third-order valence-corrected chi connectivity index (χ3v) is 2.41. The smallest absolute Gasteiger partial charge is 0.394 e. The Balaban J connectivity index is 2.56. The van der Waals surface area contributed by atoms with E-state index in [0.717, 1.165) is 0 Å². The van der Waals surface area contributed by atoms with Crippen LogP contribution in [0.1, 0.15) is 13.8 Å². The SMILES string of the molecule is CC1(C)CN(C(=O)NCC(F)(F)F)CC(CO)O1. The molecule has 2 N–H and O–H groups in total. The summed E-state index contributed by atoms with van der Waals surface area (Å²) in [6, 6.07) is -0.804. The second-order valence-electron chi connectivity index (χ2n) is 4.84. The Morgan fingerprint density at radius 2 is 2.17 bits per heavy atom. The molecule has 1 fully saturated rings. The number of morpholine rings is 1. The van der Waals surface area contributed by atoms with Crippen molar-refractivity contribution >= 4 is 6.03 Å². The first kappa shape index (κ1) is 15.0. The van der Waals surface area contributed by atoms with Crippen LogP contribution in [0.2, 0.25) is 0 Å². The lowest BCUT2D eigenvalue weighted by atomic mass is 10.1. The zero-order valence-electron chi connectivity index (χ0n) is 10.3. The Morgan fingerprint density at radius 3 is 2.67 bits per heavy atom. The molecule has 2 amide bonds. The lowest BCUT2D eigenvalue weighted by Gasteiger charge is -2.42. The van der Waals surface area contributed by atoms with E-state index in [1.165, 1.54) is 4.90 Å². The van der Waals surface area contributed by atoms with Crippen LogP contribution in [0.25, 0.3) is 0 Å². The number of halogens is 3. The Bertz CT molecular complexity index is 307. The standard InChI is InChI=1S/C10H17F3N2O3/c1-9(2)6-15(3-7(4-16)18-9)8(17)14-5-10(11,12)13/h7,16H,3-6H2,1-2H3,(H,14,17). The predicted octanol–water partition coefficient (Wildman–Crippen LogP) is 0.730. The van der Waals surface area contributed by atoms with Gasteiger partial charge in [-0.3, -0.25) is 0 Å². The number of amides is 2. The number of carbonyl (C=O) groups excluding carboxylic acids is 1. The molecule has 0 aromatic heterocycles. The first-order chi connectivity index (χ1) is 8.13. The zero-order chi connectivity index (χ0) is 14.0. The summed E-state index contributed by atoms with van der Waals surface area (Å²) in [5, 5.41) is 10.8. The molecule has 18 heavy (non-hydrogen) atoms. The second-order valence-corrected chi connectivity index (χ2v) is 4.84. The number of aliphatic hydroxyl groups is 1. The quantitative estimate of drug-likeness (QED) is 0.777. The van der Waals surface area contributed by atoms with Gasteiger partial charge in [-0.1, -0.05) is 0 Å². The molecule has 1 saturated heterocycles. The molecule has 106 valence electrons. The average Bonchev–Trinajstić information content (AvgIpc) is 2.22. The van der Waals surface area contributed by atoms with E-state index in [1.54, 1.807) is 19.2 Å². The average molecular weight is 270 g/mol. The maximum absolute atomic E-state index is 12.0. The predicted molar refractivity (Wildman–Crippen MR) is 57.1 cm³/mol. The monoisotopic (exact) mass is 270 g/mol. The largest absolute Gasteiger partial charge is 0.405 e. The highest BCUT2D eigenvalue weighted by Crippen LogP contribution is 2.21. The molecule has 1 heterocycles. The highest BCUT2D eigenvalue weighted by molar-refractivity contribution is 5.74. The van der Waals surface area contributed by atoms with E-state index >= 15 is 0 Å². The summed E-state index contributed by atoms with van der Waals surface area (Å²) in [6.07, 6.45) is -5.02. The number of rotatable bonds is 2. The van der Waals surface area contributed by atoms with Crippen LogP contribution in [0.4, 0.5) is 18.0 Å². The van der Waals surface area contributed by atoms with Gasteiger partial charge in [0.25, 0.3) is 0 Å². The number of urea groups is 1. The Labute approximate surface area is 103 Å². The first-order valence-corrected chi connectivity index (χ1v) is 5.51. The van der Waals surface area contributed by atoms with Crippen LogP contribution in [0.5, 0.6) is 0 Å². The van der Waals surface area contributed by atoms with Crippen LogP contribution >= 0.6 is 0 Å². The summed E-state index contributed by atoms with van der Waals surface area (Å²) < 4.78 is 41.4. The molecule has 0 aliphatic carbocycles. The van der Waals surface area contributed by atoms with Gasteiger partial charge in [0, 0.05) is 0 Å². The summed E-state index contributed by atoms with van der Waals surface area (Å²) in [6.45, 7) is 2.01. The van der Waals surface area contributed by atoms with Gasteiger partial charge < -0.3 is 20.1 Å².